The van der Waals surface area contributed by atoms with E-state index >= 15 is 0 Å². The summed E-state index contributed by atoms with van der Waals surface area (Å²) in [5.74, 6) is 0.699. The van der Waals surface area contributed by atoms with Crippen molar-refractivity contribution in [2.75, 3.05) is 20.2 Å². The lowest BCUT2D eigenvalue weighted by molar-refractivity contribution is -0.140. The Bertz CT molecular complexity index is 446. The molecule has 0 unspecified atom stereocenters. The van der Waals surface area contributed by atoms with E-state index in [2.05, 4.69) is 39.4 Å². The number of rotatable bonds is 9. The lowest BCUT2D eigenvalue weighted by atomic mass is 10.2. The molecular weight excluding hydrogens is 278 g/mol. The second-order valence-corrected chi connectivity index (χ2v) is 4.99. The number of carbonyl (C=O) groups is 1. The van der Waals surface area contributed by atoms with Gasteiger partial charge >= 0.3 is 5.97 Å². The van der Waals surface area contributed by atoms with Crippen LogP contribution in [0.2, 0.25) is 0 Å². The quantitative estimate of drug-likeness (QED) is 0.318. The number of hydrogen-bond donors (Lipinski definition) is 2. The SMILES string of the molecule is CCNC(=NCc1ccccc1)NCCCCCC(=O)OC. The molecule has 0 radical (unpaired) electrons. The fraction of sp³-hybridized carbons (Fsp3) is 0.529. The second kappa shape index (κ2) is 11.6. The van der Waals surface area contributed by atoms with Crippen LogP contribution in [0, 0.1) is 0 Å². The Labute approximate surface area is 133 Å². The first-order valence-corrected chi connectivity index (χ1v) is 7.89. The molecule has 1 aromatic carbocycles. The van der Waals surface area contributed by atoms with E-state index in [9.17, 15) is 4.79 Å². The van der Waals surface area contributed by atoms with Crippen molar-refractivity contribution >= 4 is 11.9 Å². The molecule has 22 heavy (non-hydrogen) atoms. The zero-order valence-electron chi connectivity index (χ0n) is 13.6. The Kier molecular flexibility index (Phi) is 9.50. The van der Waals surface area contributed by atoms with Crippen LogP contribution in [0.5, 0.6) is 0 Å². The predicted octanol–water partition coefficient (Wildman–Crippen LogP) is 2.48. The van der Waals surface area contributed by atoms with E-state index in [4.69, 9.17) is 0 Å². The van der Waals surface area contributed by atoms with Gasteiger partial charge in [-0.15, -0.1) is 0 Å². The number of unbranched alkanes of at least 4 members (excludes halogenated alkanes) is 2. The number of esters is 1. The maximum Gasteiger partial charge on any atom is 0.305 e. The average molecular weight is 305 g/mol. The number of methoxy groups -OCH3 is 1. The number of guanidine groups is 1. The summed E-state index contributed by atoms with van der Waals surface area (Å²) < 4.78 is 4.62. The largest absolute Gasteiger partial charge is 0.469 e. The van der Waals surface area contributed by atoms with Gasteiger partial charge < -0.3 is 15.4 Å². The predicted molar refractivity (Wildman–Crippen MR) is 89.7 cm³/mol. The number of benzene rings is 1. The molecular formula is C17H27N3O2. The van der Waals surface area contributed by atoms with Crippen LogP contribution in [0.15, 0.2) is 35.3 Å². The highest BCUT2D eigenvalue weighted by atomic mass is 16.5. The van der Waals surface area contributed by atoms with Crippen LogP contribution in [-0.2, 0) is 16.1 Å². The average Bonchev–Trinajstić information content (AvgIpc) is 2.56. The summed E-state index contributed by atoms with van der Waals surface area (Å²) in [5, 5.41) is 6.55. The Balaban J connectivity index is 2.24. The molecule has 0 atom stereocenters. The molecule has 0 fully saturated rings. The number of hydrogen-bond acceptors (Lipinski definition) is 3. The summed E-state index contributed by atoms with van der Waals surface area (Å²) in [6, 6.07) is 10.2. The lowest BCUT2D eigenvalue weighted by Crippen LogP contribution is -2.37. The molecule has 0 saturated heterocycles. The van der Waals surface area contributed by atoms with Crippen molar-refractivity contribution < 1.29 is 9.53 Å². The van der Waals surface area contributed by atoms with Gasteiger partial charge in [-0.1, -0.05) is 36.8 Å². The number of nitrogens with one attached hydrogen (secondary N) is 2. The molecule has 0 heterocycles. The minimum atomic E-state index is -0.134. The molecule has 0 aliphatic heterocycles. The molecule has 122 valence electrons. The van der Waals surface area contributed by atoms with Gasteiger partial charge in [-0.3, -0.25) is 4.79 Å². The van der Waals surface area contributed by atoms with Gasteiger partial charge in [-0.25, -0.2) is 4.99 Å². The van der Waals surface area contributed by atoms with Crippen LogP contribution in [0.4, 0.5) is 0 Å². The monoisotopic (exact) mass is 305 g/mol. The van der Waals surface area contributed by atoms with Crippen LogP contribution in [0.3, 0.4) is 0 Å². The van der Waals surface area contributed by atoms with E-state index in [1.807, 2.05) is 18.2 Å². The molecule has 2 N–H and O–H groups in total. The highest BCUT2D eigenvalue weighted by Crippen LogP contribution is 2.01. The Hall–Kier alpha value is -2.04. The topological polar surface area (TPSA) is 62.7 Å². The van der Waals surface area contributed by atoms with E-state index in [1.54, 1.807) is 0 Å². The van der Waals surface area contributed by atoms with Crippen LogP contribution in [0.1, 0.15) is 38.2 Å². The first kappa shape index (κ1) is 18.0. The van der Waals surface area contributed by atoms with Gasteiger partial charge in [0.15, 0.2) is 5.96 Å². The second-order valence-electron chi connectivity index (χ2n) is 4.99. The zero-order chi connectivity index (χ0) is 16.0. The third-order valence-electron chi connectivity index (χ3n) is 3.18. The third-order valence-corrected chi connectivity index (χ3v) is 3.18. The van der Waals surface area contributed by atoms with Crippen molar-refractivity contribution in [3.63, 3.8) is 0 Å². The fourth-order valence-corrected chi connectivity index (χ4v) is 1.98. The van der Waals surface area contributed by atoms with Crippen molar-refractivity contribution in [2.24, 2.45) is 4.99 Å². The highest BCUT2D eigenvalue weighted by Gasteiger charge is 2.00. The Morgan fingerprint density at radius 2 is 1.91 bits per heavy atom. The summed E-state index contributed by atoms with van der Waals surface area (Å²) >= 11 is 0. The van der Waals surface area contributed by atoms with Crippen LogP contribution >= 0.6 is 0 Å². The van der Waals surface area contributed by atoms with E-state index in [0.717, 1.165) is 38.3 Å². The van der Waals surface area contributed by atoms with Gasteiger partial charge in [0.05, 0.1) is 13.7 Å². The van der Waals surface area contributed by atoms with Crippen LogP contribution < -0.4 is 10.6 Å². The molecule has 1 rings (SSSR count). The van der Waals surface area contributed by atoms with Crippen molar-refractivity contribution in [1.29, 1.82) is 0 Å². The van der Waals surface area contributed by atoms with Crippen molar-refractivity contribution in [3.05, 3.63) is 35.9 Å². The van der Waals surface area contributed by atoms with Crippen LogP contribution in [-0.4, -0.2) is 32.1 Å². The first-order chi connectivity index (χ1) is 10.8. The van der Waals surface area contributed by atoms with E-state index in [-0.39, 0.29) is 5.97 Å². The molecule has 0 aromatic heterocycles. The molecule has 5 heteroatoms. The van der Waals surface area contributed by atoms with E-state index < -0.39 is 0 Å². The lowest BCUT2D eigenvalue weighted by Gasteiger charge is -2.11. The van der Waals surface area contributed by atoms with Gasteiger partial charge in [0, 0.05) is 19.5 Å². The van der Waals surface area contributed by atoms with Crippen molar-refractivity contribution in [3.8, 4) is 0 Å². The third kappa shape index (κ3) is 8.29. The highest BCUT2D eigenvalue weighted by molar-refractivity contribution is 5.79. The molecule has 0 amide bonds. The standard InChI is InChI=1S/C17H27N3O2/c1-3-18-17(20-14-15-10-6-4-7-11-15)19-13-9-5-8-12-16(21)22-2/h4,6-7,10-11H,3,5,8-9,12-14H2,1-2H3,(H2,18,19,20). The van der Waals surface area contributed by atoms with Gasteiger partial charge in [0.1, 0.15) is 0 Å². The maximum atomic E-state index is 11.0. The summed E-state index contributed by atoms with van der Waals surface area (Å²) in [6.45, 7) is 4.40. The fourth-order valence-electron chi connectivity index (χ4n) is 1.98. The van der Waals surface area contributed by atoms with E-state index in [1.165, 1.54) is 12.7 Å². The summed E-state index contributed by atoms with van der Waals surface area (Å²) in [5.41, 5.74) is 1.19. The summed E-state index contributed by atoms with van der Waals surface area (Å²) in [7, 11) is 1.43. The van der Waals surface area contributed by atoms with Crippen molar-refractivity contribution in [2.45, 2.75) is 39.2 Å². The minimum Gasteiger partial charge on any atom is -0.469 e. The zero-order valence-corrected chi connectivity index (χ0v) is 13.6. The summed E-state index contributed by atoms with van der Waals surface area (Å²) in [4.78, 5) is 15.6. The number of nitrogens with zero attached hydrogens (tertiary/aromatic N) is 1. The molecule has 0 aliphatic carbocycles. The summed E-state index contributed by atoms with van der Waals surface area (Å²) in [6.07, 6.45) is 3.37. The first-order valence-electron chi connectivity index (χ1n) is 7.89. The maximum absolute atomic E-state index is 11.0. The molecule has 0 saturated carbocycles. The number of ether oxygens (including phenoxy) is 1. The van der Waals surface area contributed by atoms with Gasteiger partial charge in [0.25, 0.3) is 0 Å². The molecule has 5 nitrogen and oxygen atoms in total. The van der Waals surface area contributed by atoms with E-state index in [0.29, 0.717) is 13.0 Å². The molecule has 0 bridgehead atoms. The normalized spacial score (nSPS) is 11.1. The molecule has 1 aromatic rings. The smallest absolute Gasteiger partial charge is 0.305 e. The minimum absolute atomic E-state index is 0.134. The number of aliphatic imine (C=N–C) groups is 1. The molecule has 0 aliphatic rings. The Morgan fingerprint density at radius 1 is 1.14 bits per heavy atom. The van der Waals surface area contributed by atoms with Crippen molar-refractivity contribution in [1.82, 2.24) is 10.6 Å². The molecule has 0 spiro atoms. The van der Waals surface area contributed by atoms with Gasteiger partial charge in [-0.2, -0.15) is 0 Å². The Morgan fingerprint density at radius 3 is 2.59 bits per heavy atom. The van der Waals surface area contributed by atoms with Gasteiger partial charge in [0.2, 0.25) is 0 Å². The van der Waals surface area contributed by atoms with Gasteiger partial charge in [-0.05, 0) is 25.3 Å². The van der Waals surface area contributed by atoms with Crippen LogP contribution in [0.25, 0.3) is 0 Å². The number of carbonyl (C=O) groups excluding carboxylic acids is 1.